The Kier molecular flexibility index (Phi) is 9.67. The molecule has 0 saturated heterocycles. The summed E-state index contributed by atoms with van der Waals surface area (Å²) in [6.45, 7) is 14.9. The van der Waals surface area contributed by atoms with Crippen LogP contribution in [0.5, 0.6) is 0 Å². The molecule has 4 heteroatoms. The second-order valence-electron chi connectivity index (χ2n) is 8.00. The van der Waals surface area contributed by atoms with E-state index in [1.54, 1.807) is 0 Å². The van der Waals surface area contributed by atoms with Crippen molar-refractivity contribution in [2.24, 2.45) is 11.3 Å². The Morgan fingerprint density at radius 1 is 1.09 bits per heavy atom. The van der Waals surface area contributed by atoms with Crippen molar-refractivity contribution in [3.63, 3.8) is 0 Å². The summed E-state index contributed by atoms with van der Waals surface area (Å²) in [6, 6.07) is 0. The third-order valence-corrected chi connectivity index (χ3v) is 4.14. The van der Waals surface area contributed by atoms with Gasteiger partial charge in [0, 0.05) is 30.9 Å². The zero-order valence-corrected chi connectivity index (χ0v) is 16.3. The van der Waals surface area contributed by atoms with Crippen molar-refractivity contribution >= 4 is 11.7 Å². The standard InChI is InChI=1S/C19H37NO3/c1-8-9-10-12-20-17(22)18(4,5)11-13-23-19(6,7)14-16(21)15(2)3/h15H,8-14H2,1-7H3,(H,20,22). The van der Waals surface area contributed by atoms with Crippen LogP contribution in [0.1, 0.15) is 80.6 Å². The first-order valence-electron chi connectivity index (χ1n) is 8.97. The van der Waals surface area contributed by atoms with Crippen LogP contribution in [0.2, 0.25) is 0 Å². The van der Waals surface area contributed by atoms with E-state index >= 15 is 0 Å². The van der Waals surface area contributed by atoms with E-state index in [-0.39, 0.29) is 17.6 Å². The van der Waals surface area contributed by atoms with Crippen LogP contribution in [0.4, 0.5) is 0 Å². The van der Waals surface area contributed by atoms with Gasteiger partial charge in [-0.05, 0) is 26.7 Å². The molecule has 0 aliphatic carbocycles. The fourth-order valence-electron chi connectivity index (χ4n) is 2.19. The molecule has 0 aromatic rings. The lowest BCUT2D eigenvalue weighted by atomic mass is 9.88. The number of ether oxygens (including phenoxy) is 1. The van der Waals surface area contributed by atoms with Crippen LogP contribution in [0.25, 0.3) is 0 Å². The minimum absolute atomic E-state index is 0.0308. The summed E-state index contributed by atoms with van der Waals surface area (Å²) in [5.41, 5.74) is -0.931. The predicted molar refractivity (Wildman–Crippen MR) is 95.4 cm³/mol. The smallest absolute Gasteiger partial charge is 0.225 e. The van der Waals surface area contributed by atoms with Crippen molar-refractivity contribution in [3.05, 3.63) is 0 Å². The maximum atomic E-state index is 12.2. The van der Waals surface area contributed by atoms with Crippen molar-refractivity contribution in [2.75, 3.05) is 13.2 Å². The van der Waals surface area contributed by atoms with E-state index in [1.165, 1.54) is 0 Å². The summed E-state index contributed by atoms with van der Waals surface area (Å²) in [4.78, 5) is 24.1. The first-order valence-corrected chi connectivity index (χ1v) is 8.97. The minimum atomic E-state index is -0.477. The van der Waals surface area contributed by atoms with Gasteiger partial charge in [-0.1, -0.05) is 47.5 Å². The van der Waals surface area contributed by atoms with Crippen LogP contribution >= 0.6 is 0 Å². The lowest BCUT2D eigenvalue weighted by Crippen LogP contribution is -2.39. The number of ketones is 1. The fraction of sp³-hybridized carbons (Fsp3) is 0.895. The fourth-order valence-corrected chi connectivity index (χ4v) is 2.19. The number of hydrogen-bond acceptors (Lipinski definition) is 3. The molecule has 4 nitrogen and oxygen atoms in total. The molecule has 0 aromatic carbocycles. The molecule has 0 atom stereocenters. The number of hydrogen-bond donors (Lipinski definition) is 1. The van der Waals surface area contributed by atoms with E-state index in [1.807, 2.05) is 41.5 Å². The van der Waals surface area contributed by atoms with E-state index in [0.29, 0.717) is 19.4 Å². The molecule has 0 spiro atoms. The average molecular weight is 328 g/mol. The molecule has 136 valence electrons. The van der Waals surface area contributed by atoms with Gasteiger partial charge in [0.1, 0.15) is 5.78 Å². The molecular formula is C19H37NO3. The first-order chi connectivity index (χ1) is 10.5. The van der Waals surface area contributed by atoms with Crippen molar-refractivity contribution in [1.29, 1.82) is 0 Å². The molecule has 0 aliphatic rings. The van der Waals surface area contributed by atoms with Gasteiger partial charge in [0.25, 0.3) is 0 Å². The second kappa shape index (κ2) is 10.1. The maximum absolute atomic E-state index is 12.2. The van der Waals surface area contributed by atoms with Crippen molar-refractivity contribution in [3.8, 4) is 0 Å². The Hall–Kier alpha value is -0.900. The van der Waals surface area contributed by atoms with Gasteiger partial charge in [-0.2, -0.15) is 0 Å². The molecule has 0 bridgehead atoms. The van der Waals surface area contributed by atoms with Crippen LogP contribution in [-0.4, -0.2) is 30.4 Å². The van der Waals surface area contributed by atoms with Crippen LogP contribution in [-0.2, 0) is 14.3 Å². The predicted octanol–water partition coefficient (Wildman–Crippen LogP) is 4.12. The Labute approximate surface area is 142 Å². The number of carbonyl (C=O) groups excluding carboxylic acids is 2. The van der Waals surface area contributed by atoms with Gasteiger partial charge in [-0.25, -0.2) is 0 Å². The van der Waals surface area contributed by atoms with Gasteiger partial charge in [-0.15, -0.1) is 0 Å². The highest BCUT2D eigenvalue weighted by Crippen LogP contribution is 2.24. The summed E-state index contributed by atoms with van der Waals surface area (Å²) in [5.74, 6) is 0.319. The van der Waals surface area contributed by atoms with Crippen molar-refractivity contribution < 1.29 is 14.3 Å². The molecule has 0 heterocycles. The lowest BCUT2D eigenvalue weighted by Gasteiger charge is -2.29. The van der Waals surface area contributed by atoms with E-state index in [9.17, 15) is 9.59 Å². The number of nitrogens with one attached hydrogen (secondary N) is 1. The molecule has 0 aliphatic heterocycles. The second-order valence-corrected chi connectivity index (χ2v) is 8.00. The zero-order chi connectivity index (χ0) is 18.1. The van der Waals surface area contributed by atoms with E-state index in [4.69, 9.17) is 4.74 Å². The third kappa shape index (κ3) is 9.75. The quantitative estimate of drug-likeness (QED) is 0.549. The molecule has 1 N–H and O–H groups in total. The van der Waals surface area contributed by atoms with E-state index in [2.05, 4.69) is 12.2 Å². The van der Waals surface area contributed by atoms with Crippen LogP contribution in [0.15, 0.2) is 0 Å². The Bertz CT molecular complexity index is 373. The molecule has 0 saturated carbocycles. The van der Waals surface area contributed by atoms with Gasteiger partial charge in [0.05, 0.1) is 5.60 Å². The molecule has 0 fully saturated rings. The molecule has 0 rings (SSSR count). The summed E-state index contributed by atoms with van der Waals surface area (Å²) < 4.78 is 5.88. The molecule has 0 aromatic heterocycles. The van der Waals surface area contributed by atoms with Crippen LogP contribution < -0.4 is 5.32 Å². The zero-order valence-electron chi connectivity index (χ0n) is 16.3. The number of amides is 1. The SMILES string of the molecule is CCCCCNC(=O)C(C)(C)CCOC(C)(C)CC(=O)C(C)C. The normalized spacial score (nSPS) is 12.5. The minimum Gasteiger partial charge on any atom is -0.375 e. The summed E-state index contributed by atoms with van der Waals surface area (Å²) in [6.07, 6.45) is 4.37. The highest BCUT2D eigenvalue weighted by molar-refractivity contribution is 5.82. The Morgan fingerprint density at radius 3 is 2.22 bits per heavy atom. The highest BCUT2D eigenvalue weighted by atomic mass is 16.5. The van der Waals surface area contributed by atoms with Gasteiger partial charge < -0.3 is 10.1 Å². The first kappa shape index (κ1) is 22.1. The summed E-state index contributed by atoms with van der Waals surface area (Å²) >= 11 is 0. The van der Waals surface area contributed by atoms with Crippen molar-refractivity contribution in [2.45, 2.75) is 86.2 Å². The number of rotatable bonds is 12. The summed E-state index contributed by atoms with van der Waals surface area (Å²) in [7, 11) is 0. The Balaban J connectivity index is 4.21. The molecule has 0 radical (unpaired) electrons. The largest absolute Gasteiger partial charge is 0.375 e. The topological polar surface area (TPSA) is 55.4 Å². The Morgan fingerprint density at radius 2 is 1.70 bits per heavy atom. The van der Waals surface area contributed by atoms with Gasteiger partial charge in [0.15, 0.2) is 0 Å². The van der Waals surface area contributed by atoms with E-state index < -0.39 is 11.0 Å². The van der Waals surface area contributed by atoms with E-state index in [0.717, 1.165) is 25.8 Å². The van der Waals surface area contributed by atoms with Crippen molar-refractivity contribution in [1.82, 2.24) is 5.32 Å². The third-order valence-electron chi connectivity index (χ3n) is 4.14. The lowest BCUT2D eigenvalue weighted by molar-refractivity contribution is -0.134. The maximum Gasteiger partial charge on any atom is 0.225 e. The molecule has 0 unspecified atom stereocenters. The molecule has 1 amide bonds. The van der Waals surface area contributed by atoms with Crippen LogP contribution in [0, 0.1) is 11.3 Å². The number of Topliss-reactive ketones (excluding diaryl/α,β-unsaturated/α-hetero) is 1. The monoisotopic (exact) mass is 327 g/mol. The van der Waals surface area contributed by atoms with Gasteiger partial charge >= 0.3 is 0 Å². The highest BCUT2D eigenvalue weighted by Gasteiger charge is 2.29. The average Bonchev–Trinajstić information content (AvgIpc) is 2.42. The van der Waals surface area contributed by atoms with Gasteiger partial charge in [0.2, 0.25) is 5.91 Å². The number of unbranched alkanes of at least 4 members (excludes halogenated alkanes) is 2. The van der Waals surface area contributed by atoms with Gasteiger partial charge in [-0.3, -0.25) is 9.59 Å². The number of carbonyl (C=O) groups is 2. The molecular weight excluding hydrogens is 290 g/mol. The molecule has 23 heavy (non-hydrogen) atoms. The summed E-state index contributed by atoms with van der Waals surface area (Å²) in [5, 5.41) is 3.00. The van der Waals surface area contributed by atoms with Crippen LogP contribution in [0.3, 0.4) is 0 Å².